The quantitative estimate of drug-likeness (QED) is 0.861. The van der Waals surface area contributed by atoms with E-state index in [1.165, 1.54) is 31.5 Å². The molecular formula is C13H18N2O2. The molecule has 0 atom stereocenters. The Labute approximate surface area is 101 Å². The van der Waals surface area contributed by atoms with E-state index in [2.05, 4.69) is 4.98 Å². The zero-order chi connectivity index (χ0) is 12.3. The summed E-state index contributed by atoms with van der Waals surface area (Å²) in [6.07, 6.45) is 5.24. The normalized spacial score (nSPS) is 15.4. The number of nitrogens with one attached hydrogen (secondary N) is 1. The third kappa shape index (κ3) is 2.75. The molecule has 0 spiro atoms. The van der Waals surface area contributed by atoms with Crippen LogP contribution < -0.4 is 5.56 Å². The lowest BCUT2D eigenvalue weighted by Crippen LogP contribution is -2.37. The minimum atomic E-state index is -0.177. The third-order valence-corrected chi connectivity index (χ3v) is 3.40. The largest absolute Gasteiger partial charge is 0.339 e. The highest BCUT2D eigenvalue weighted by atomic mass is 16.2. The van der Waals surface area contributed by atoms with Gasteiger partial charge in [-0.1, -0.05) is 6.42 Å². The molecule has 1 amide bonds. The van der Waals surface area contributed by atoms with Crippen molar-refractivity contribution in [1.29, 1.82) is 0 Å². The highest BCUT2D eigenvalue weighted by Gasteiger charge is 2.23. The van der Waals surface area contributed by atoms with E-state index in [1.807, 2.05) is 11.8 Å². The molecule has 1 aromatic heterocycles. The molecule has 1 fully saturated rings. The monoisotopic (exact) mass is 234 g/mol. The first-order chi connectivity index (χ1) is 8.20. The van der Waals surface area contributed by atoms with Gasteiger partial charge >= 0.3 is 0 Å². The maximum Gasteiger partial charge on any atom is 0.255 e. The number of carbonyl (C=O) groups excluding carboxylic acids is 1. The summed E-state index contributed by atoms with van der Waals surface area (Å²) in [7, 11) is 0. The van der Waals surface area contributed by atoms with Crippen LogP contribution in [0.5, 0.6) is 0 Å². The lowest BCUT2D eigenvalue weighted by atomic mass is 9.85. The predicted octanol–water partition coefficient (Wildman–Crippen LogP) is 1.64. The molecule has 1 aromatic rings. The lowest BCUT2D eigenvalue weighted by Gasteiger charge is -2.31. The minimum absolute atomic E-state index is 0.00986. The number of carbonyl (C=O) groups is 1. The van der Waals surface area contributed by atoms with Gasteiger partial charge in [0.15, 0.2) is 0 Å². The molecule has 1 saturated carbocycles. The number of hydrogen-bond acceptors (Lipinski definition) is 2. The predicted molar refractivity (Wildman–Crippen MR) is 66.0 cm³/mol. The first kappa shape index (κ1) is 11.9. The van der Waals surface area contributed by atoms with Crippen LogP contribution in [0.1, 0.15) is 36.5 Å². The summed E-state index contributed by atoms with van der Waals surface area (Å²) in [6.45, 7) is 3.55. The van der Waals surface area contributed by atoms with Crippen LogP contribution in [0.2, 0.25) is 0 Å². The number of pyridine rings is 1. The van der Waals surface area contributed by atoms with Crippen molar-refractivity contribution < 1.29 is 4.79 Å². The van der Waals surface area contributed by atoms with Crippen molar-refractivity contribution in [3.05, 3.63) is 34.2 Å². The van der Waals surface area contributed by atoms with E-state index < -0.39 is 0 Å². The topological polar surface area (TPSA) is 53.2 Å². The summed E-state index contributed by atoms with van der Waals surface area (Å²) in [5, 5.41) is 0. The zero-order valence-electron chi connectivity index (χ0n) is 10.1. The highest BCUT2D eigenvalue weighted by Crippen LogP contribution is 2.27. The van der Waals surface area contributed by atoms with Gasteiger partial charge in [-0.15, -0.1) is 0 Å². The summed E-state index contributed by atoms with van der Waals surface area (Å²) in [6, 6.07) is 2.98. The molecule has 1 heterocycles. The van der Waals surface area contributed by atoms with E-state index >= 15 is 0 Å². The summed E-state index contributed by atoms with van der Waals surface area (Å²) in [5.41, 5.74) is 0.384. The van der Waals surface area contributed by atoms with Crippen molar-refractivity contribution in [2.45, 2.75) is 26.2 Å². The second kappa shape index (κ2) is 5.17. The Morgan fingerprint density at radius 2 is 2.24 bits per heavy atom. The zero-order valence-corrected chi connectivity index (χ0v) is 10.1. The van der Waals surface area contributed by atoms with Gasteiger partial charge in [-0.25, -0.2) is 0 Å². The molecule has 0 unspecified atom stereocenters. The van der Waals surface area contributed by atoms with E-state index in [-0.39, 0.29) is 11.5 Å². The summed E-state index contributed by atoms with van der Waals surface area (Å²) in [5.74, 6) is 0.678. The fraction of sp³-hybridized carbons (Fsp3) is 0.538. The van der Waals surface area contributed by atoms with Crippen LogP contribution in [0.25, 0.3) is 0 Å². The van der Waals surface area contributed by atoms with Crippen LogP contribution in [-0.2, 0) is 0 Å². The maximum atomic E-state index is 12.2. The number of H-pyrrole nitrogens is 1. The van der Waals surface area contributed by atoms with Gasteiger partial charge in [0.1, 0.15) is 0 Å². The van der Waals surface area contributed by atoms with Crippen LogP contribution in [0.15, 0.2) is 23.1 Å². The van der Waals surface area contributed by atoms with E-state index in [4.69, 9.17) is 0 Å². The molecule has 0 aromatic carbocycles. The lowest BCUT2D eigenvalue weighted by molar-refractivity contribution is 0.0706. The Bertz CT molecular complexity index is 428. The number of amides is 1. The molecule has 17 heavy (non-hydrogen) atoms. The van der Waals surface area contributed by atoms with Crippen LogP contribution in [-0.4, -0.2) is 28.9 Å². The average Bonchev–Trinajstić information content (AvgIpc) is 2.28. The molecule has 92 valence electrons. The summed E-state index contributed by atoms with van der Waals surface area (Å²) < 4.78 is 0. The van der Waals surface area contributed by atoms with Crippen molar-refractivity contribution >= 4 is 5.91 Å². The standard InChI is InChI=1S/C13H18N2O2/c1-2-15(9-10-4-3-5-10)13(17)11-6-7-12(16)14-8-11/h6-8,10H,2-5,9H2,1H3,(H,14,16). The average molecular weight is 234 g/mol. The molecule has 0 bridgehead atoms. The fourth-order valence-electron chi connectivity index (χ4n) is 2.07. The SMILES string of the molecule is CCN(CC1CCC1)C(=O)c1ccc(=O)[nH]c1. The maximum absolute atomic E-state index is 12.2. The molecular weight excluding hydrogens is 216 g/mol. The third-order valence-electron chi connectivity index (χ3n) is 3.40. The van der Waals surface area contributed by atoms with Crippen LogP contribution in [0.4, 0.5) is 0 Å². The van der Waals surface area contributed by atoms with Crippen molar-refractivity contribution in [1.82, 2.24) is 9.88 Å². The Hall–Kier alpha value is -1.58. The summed E-state index contributed by atoms with van der Waals surface area (Å²) >= 11 is 0. The van der Waals surface area contributed by atoms with E-state index in [0.29, 0.717) is 18.0 Å². The molecule has 0 radical (unpaired) electrons. The van der Waals surface area contributed by atoms with Gasteiger partial charge in [-0.2, -0.15) is 0 Å². The molecule has 0 aliphatic heterocycles. The minimum Gasteiger partial charge on any atom is -0.339 e. The highest BCUT2D eigenvalue weighted by molar-refractivity contribution is 5.93. The molecule has 4 heteroatoms. The Balaban J connectivity index is 2.05. The second-order valence-corrected chi connectivity index (χ2v) is 4.58. The van der Waals surface area contributed by atoms with Gasteiger partial charge < -0.3 is 9.88 Å². The van der Waals surface area contributed by atoms with Crippen molar-refractivity contribution in [2.75, 3.05) is 13.1 Å². The Morgan fingerprint density at radius 1 is 1.47 bits per heavy atom. The van der Waals surface area contributed by atoms with Crippen molar-refractivity contribution in [2.24, 2.45) is 5.92 Å². The van der Waals surface area contributed by atoms with Crippen molar-refractivity contribution in [3.8, 4) is 0 Å². The molecule has 4 nitrogen and oxygen atoms in total. The van der Waals surface area contributed by atoms with Gasteiger partial charge in [0.2, 0.25) is 5.56 Å². The molecule has 0 saturated heterocycles. The van der Waals surface area contributed by atoms with Gasteiger partial charge in [0.05, 0.1) is 5.56 Å². The smallest absolute Gasteiger partial charge is 0.255 e. The summed E-state index contributed by atoms with van der Waals surface area (Å²) in [4.78, 5) is 27.5. The molecule has 1 N–H and O–H groups in total. The number of nitrogens with zero attached hydrogens (tertiary/aromatic N) is 1. The number of aromatic amines is 1. The fourth-order valence-corrected chi connectivity index (χ4v) is 2.07. The van der Waals surface area contributed by atoms with E-state index in [0.717, 1.165) is 6.54 Å². The second-order valence-electron chi connectivity index (χ2n) is 4.58. The van der Waals surface area contributed by atoms with Crippen LogP contribution in [0.3, 0.4) is 0 Å². The molecule has 1 aliphatic carbocycles. The van der Waals surface area contributed by atoms with E-state index in [9.17, 15) is 9.59 Å². The first-order valence-electron chi connectivity index (χ1n) is 6.18. The van der Waals surface area contributed by atoms with Crippen molar-refractivity contribution in [3.63, 3.8) is 0 Å². The van der Waals surface area contributed by atoms with Gasteiger partial charge in [0.25, 0.3) is 5.91 Å². The first-order valence-corrected chi connectivity index (χ1v) is 6.18. The molecule has 1 aliphatic rings. The van der Waals surface area contributed by atoms with Crippen LogP contribution >= 0.6 is 0 Å². The Kier molecular flexibility index (Phi) is 3.61. The van der Waals surface area contributed by atoms with Gasteiger partial charge in [-0.05, 0) is 31.7 Å². The Morgan fingerprint density at radius 3 is 2.71 bits per heavy atom. The molecule has 2 rings (SSSR count). The van der Waals surface area contributed by atoms with Crippen LogP contribution in [0, 0.1) is 5.92 Å². The van der Waals surface area contributed by atoms with E-state index in [1.54, 1.807) is 6.07 Å². The van der Waals surface area contributed by atoms with Gasteiger partial charge in [0, 0.05) is 25.4 Å². The number of aromatic nitrogens is 1. The number of rotatable bonds is 4. The van der Waals surface area contributed by atoms with Gasteiger partial charge in [-0.3, -0.25) is 9.59 Å². The number of hydrogen-bond donors (Lipinski definition) is 1.